The van der Waals surface area contributed by atoms with E-state index in [1.54, 1.807) is 30.7 Å². The van der Waals surface area contributed by atoms with Crippen LogP contribution < -0.4 is 5.32 Å². The summed E-state index contributed by atoms with van der Waals surface area (Å²) in [5.41, 5.74) is 2.80. The number of carbonyl (C=O) groups excluding carboxylic acids is 1. The smallest absolute Gasteiger partial charge is 0.255 e. The van der Waals surface area contributed by atoms with E-state index in [1.165, 1.54) is 18.2 Å². The molecule has 0 aliphatic carbocycles. The zero-order valence-electron chi connectivity index (χ0n) is 11.0. The van der Waals surface area contributed by atoms with Gasteiger partial charge in [-0.15, -0.1) is 0 Å². The third-order valence-electron chi connectivity index (χ3n) is 3.04. The molecule has 0 spiro atoms. The molecule has 0 unspecified atom stereocenters. The summed E-state index contributed by atoms with van der Waals surface area (Å²) < 4.78 is 13.1. The number of anilines is 1. The first-order chi connectivity index (χ1) is 10.2. The van der Waals surface area contributed by atoms with Crippen molar-refractivity contribution in [3.8, 4) is 11.3 Å². The molecule has 0 atom stereocenters. The molecule has 2 aromatic carbocycles. The highest BCUT2D eigenvalue weighted by molar-refractivity contribution is 6.04. The van der Waals surface area contributed by atoms with E-state index in [2.05, 4.69) is 15.3 Å². The molecule has 4 nitrogen and oxygen atoms in total. The van der Waals surface area contributed by atoms with Crippen molar-refractivity contribution in [1.29, 1.82) is 0 Å². The van der Waals surface area contributed by atoms with Crippen LogP contribution in [0.1, 0.15) is 10.4 Å². The van der Waals surface area contributed by atoms with Gasteiger partial charge >= 0.3 is 0 Å². The Bertz CT molecular complexity index is 751. The Labute approximate surface area is 120 Å². The Morgan fingerprint density at radius 3 is 2.62 bits per heavy atom. The fourth-order valence-electron chi connectivity index (χ4n) is 1.98. The molecular formula is C16H12FN3O. The SMILES string of the molecule is O=C(Nc1ccc(-c2cnc[nH]2)cc1)c1cccc(F)c1. The second-order valence-corrected chi connectivity index (χ2v) is 4.51. The van der Waals surface area contributed by atoms with Crippen LogP contribution in [0.4, 0.5) is 10.1 Å². The monoisotopic (exact) mass is 281 g/mol. The minimum Gasteiger partial charge on any atom is -0.345 e. The zero-order chi connectivity index (χ0) is 14.7. The summed E-state index contributed by atoms with van der Waals surface area (Å²) in [6.07, 6.45) is 3.33. The maximum atomic E-state index is 13.1. The minimum absolute atomic E-state index is 0.285. The van der Waals surface area contributed by atoms with Crippen LogP contribution in [0, 0.1) is 5.82 Å². The maximum absolute atomic E-state index is 13.1. The number of nitrogens with zero attached hydrogens (tertiary/aromatic N) is 1. The second kappa shape index (κ2) is 5.58. The molecule has 0 aliphatic heterocycles. The molecule has 3 aromatic rings. The number of halogens is 1. The van der Waals surface area contributed by atoms with Crippen molar-refractivity contribution >= 4 is 11.6 Å². The molecule has 0 fully saturated rings. The third kappa shape index (κ3) is 2.97. The van der Waals surface area contributed by atoms with Gasteiger partial charge in [-0.1, -0.05) is 18.2 Å². The van der Waals surface area contributed by atoms with Gasteiger partial charge in [-0.3, -0.25) is 4.79 Å². The predicted octanol–water partition coefficient (Wildman–Crippen LogP) is 3.47. The highest BCUT2D eigenvalue weighted by Crippen LogP contribution is 2.19. The van der Waals surface area contributed by atoms with Gasteiger partial charge in [-0.2, -0.15) is 0 Å². The fourth-order valence-corrected chi connectivity index (χ4v) is 1.98. The Hall–Kier alpha value is -2.95. The van der Waals surface area contributed by atoms with Gasteiger partial charge in [-0.25, -0.2) is 9.37 Å². The lowest BCUT2D eigenvalue weighted by Crippen LogP contribution is -2.11. The number of carbonyl (C=O) groups is 1. The summed E-state index contributed by atoms with van der Waals surface area (Å²) in [4.78, 5) is 18.9. The highest BCUT2D eigenvalue weighted by atomic mass is 19.1. The summed E-state index contributed by atoms with van der Waals surface area (Å²) in [6, 6.07) is 12.9. The molecule has 2 N–H and O–H groups in total. The molecule has 3 rings (SSSR count). The van der Waals surface area contributed by atoms with Crippen LogP contribution in [0.15, 0.2) is 61.1 Å². The molecule has 0 saturated carbocycles. The van der Waals surface area contributed by atoms with E-state index >= 15 is 0 Å². The largest absolute Gasteiger partial charge is 0.345 e. The van der Waals surface area contributed by atoms with E-state index in [9.17, 15) is 9.18 Å². The summed E-state index contributed by atoms with van der Waals surface area (Å²) in [5.74, 6) is -0.777. The number of aromatic amines is 1. The Balaban J connectivity index is 1.75. The fraction of sp³-hybridized carbons (Fsp3) is 0. The normalized spacial score (nSPS) is 10.3. The minimum atomic E-state index is -0.433. The van der Waals surface area contributed by atoms with Crippen LogP contribution in [-0.4, -0.2) is 15.9 Å². The van der Waals surface area contributed by atoms with Gasteiger partial charge in [0.15, 0.2) is 0 Å². The predicted molar refractivity (Wildman–Crippen MR) is 78.4 cm³/mol. The summed E-state index contributed by atoms with van der Waals surface area (Å²) in [7, 11) is 0. The van der Waals surface area contributed by atoms with Crippen molar-refractivity contribution in [3.05, 3.63) is 72.4 Å². The van der Waals surface area contributed by atoms with E-state index in [1.807, 2.05) is 12.1 Å². The number of amides is 1. The molecule has 0 radical (unpaired) electrons. The number of H-pyrrole nitrogens is 1. The van der Waals surface area contributed by atoms with Crippen molar-refractivity contribution < 1.29 is 9.18 Å². The van der Waals surface area contributed by atoms with Gasteiger partial charge in [0.05, 0.1) is 18.2 Å². The molecule has 1 aromatic heterocycles. The van der Waals surface area contributed by atoms with Crippen LogP contribution in [0.3, 0.4) is 0 Å². The number of aromatic nitrogens is 2. The molecule has 0 aliphatic rings. The molecule has 1 amide bonds. The van der Waals surface area contributed by atoms with Crippen molar-refractivity contribution in [3.63, 3.8) is 0 Å². The molecule has 1 heterocycles. The van der Waals surface area contributed by atoms with Crippen molar-refractivity contribution in [2.75, 3.05) is 5.32 Å². The summed E-state index contributed by atoms with van der Waals surface area (Å²) in [6.45, 7) is 0. The summed E-state index contributed by atoms with van der Waals surface area (Å²) >= 11 is 0. The van der Waals surface area contributed by atoms with Crippen molar-refractivity contribution in [2.45, 2.75) is 0 Å². The van der Waals surface area contributed by atoms with Gasteiger partial charge in [0.25, 0.3) is 5.91 Å². The number of hydrogen-bond acceptors (Lipinski definition) is 2. The molecular weight excluding hydrogens is 269 g/mol. The molecule has 0 saturated heterocycles. The lowest BCUT2D eigenvalue weighted by atomic mass is 10.1. The maximum Gasteiger partial charge on any atom is 0.255 e. The Morgan fingerprint density at radius 1 is 1.14 bits per heavy atom. The van der Waals surface area contributed by atoms with Crippen molar-refractivity contribution in [1.82, 2.24) is 9.97 Å². The van der Waals surface area contributed by atoms with Gasteiger partial charge < -0.3 is 10.3 Å². The Morgan fingerprint density at radius 2 is 1.95 bits per heavy atom. The number of hydrogen-bond donors (Lipinski definition) is 2. The van der Waals surface area contributed by atoms with Crippen LogP contribution in [0.5, 0.6) is 0 Å². The van der Waals surface area contributed by atoms with Crippen LogP contribution in [-0.2, 0) is 0 Å². The number of rotatable bonds is 3. The van der Waals surface area contributed by atoms with E-state index in [0.717, 1.165) is 11.3 Å². The highest BCUT2D eigenvalue weighted by Gasteiger charge is 2.07. The van der Waals surface area contributed by atoms with E-state index in [-0.39, 0.29) is 11.5 Å². The number of benzene rings is 2. The lowest BCUT2D eigenvalue weighted by Gasteiger charge is -2.06. The number of imidazole rings is 1. The van der Waals surface area contributed by atoms with Crippen LogP contribution in [0.2, 0.25) is 0 Å². The first kappa shape index (κ1) is 13.1. The molecule has 21 heavy (non-hydrogen) atoms. The van der Waals surface area contributed by atoms with Crippen molar-refractivity contribution in [2.24, 2.45) is 0 Å². The molecule has 5 heteroatoms. The number of nitrogens with one attached hydrogen (secondary N) is 2. The first-order valence-corrected chi connectivity index (χ1v) is 6.38. The first-order valence-electron chi connectivity index (χ1n) is 6.38. The van der Waals surface area contributed by atoms with Crippen LogP contribution >= 0.6 is 0 Å². The summed E-state index contributed by atoms with van der Waals surface area (Å²) in [5, 5.41) is 2.73. The molecule has 0 bridgehead atoms. The quantitative estimate of drug-likeness (QED) is 0.772. The zero-order valence-corrected chi connectivity index (χ0v) is 11.0. The van der Waals surface area contributed by atoms with Crippen LogP contribution in [0.25, 0.3) is 11.3 Å². The van der Waals surface area contributed by atoms with Gasteiger partial charge in [-0.05, 0) is 35.9 Å². The second-order valence-electron chi connectivity index (χ2n) is 4.51. The van der Waals surface area contributed by atoms with E-state index in [0.29, 0.717) is 5.69 Å². The topological polar surface area (TPSA) is 57.8 Å². The van der Waals surface area contributed by atoms with Gasteiger partial charge in [0.2, 0.25) is 0 Å². The van der Waals surface area contributed by atoms with E-state index < -0.39 is 5.82 Å². The average molecular weight is 281 g/mol. The molecule has 104 valence electrons. The lowest BCUT2D eigenvalue weighted by molar-refractivity contribution is 0.102. The van der Waals surface area contributed by atoms with Gasteiger partial charge in [0, 0.05) is 11.3 Å². The van der Waals surface area contributed by atoms with Gasteiger partial charge in [0.1, 0.15) is 5.82 Å². The Kier molecular flexibility index (Phi) is 3.47. The van der Waals surface area contributed by atoms with E-state index in [4.69, 9.17) is 0 Å². The third-order valence-corrected chi connectivity index (χ3v) is 3.04. The average Bonchev–Trinajstić information content (AvgIpc) is 3.02. The standard InChI is InChI=1S/C16H12FN3O/c17-13-3-1-2-12(8-13)16(21)20-14-6-4-11(5-7-14)15-9-18-10-19-15/h1-10H,(H,18,19)(H,20,21).